The average Bonchev–Trinajstić information content (AvgIpc) is 2.15. The normalized spacial score (nSPS) is 13.5. The number of rotatable bonds is 4. The minimum absolute atomic E-state index is 0.0617. The van der Waals surface area contributed by atoms with Crippen LogP contribution < -0.4 is 5.32 Å². The van der Waals surface area contributed by atoms with Crippen LogP contribution in [0.1, 0.15) is 41.5 Å². The molecule has 17 heavy (non-hydrogen) atoms. The largest absolute Gasteiger partial charge is 0.395 e. The van der Waals surface area contributed by atoms with Gasteiger partial charge in [-0.3, -0.25) is 4.79 Å². The van der Waals surface area contributed by atoms with Crippen molar-refractivity contribution in [3.05, 3.63) is 23.9 Å². The van der Waals surface area contributed by atoms with E-state index in [0.717, 1.165) is 5.57 Å². The van der Waals surface area contributed by atoms with Crippen molar-refractivity contribution < 1.29 is 9.90 Å². The summed E-state index contributed by atoms with van der Waals surface area (Å²) in [6.07, 6.45) is 1.81. The Hall–Kier alpha value is -1.09. The zero-order chi connectivity index (χ0) is 13.9. The van der Waals surface area contributed by atoms with E-state index in [1.54, 1.807) is 6.08 Å². The van der Waals surface area contributed by atoms with Crippen molar-refractivity contribution in [2.75, 3.05) is 6.61 Å². The monoisotopic (exact) mass is 239 g/mol. The standard InChI is InChI=1S/C14H25NO2/c1-10(14(6,7)9-16)8-11(2)15-12(17)13(3,4)5/h8,16H,2,9H2,1,3-7H3,(H,15,17)/b10-8+. The van der Waals surface area contributed by atoms with Crippen LogP contribution in [0.4, 0.5) is 0 Å². The van der Waals surface area contributed by atoms with Crippen molar-refractivity contribution in [1.82, 2.24) is 5.32 Å². The summed E-state index contributed by atoms with van der Waals surface area (Å²) in [5.41, 5.74) is 0.815. The number of allylic oxidation sites excluding steroid dienone is 1. The highest BCUT2D eigenvalue weighted by molar-refractivity contribution is 5.83. The molecule has 0 aliphatic rings. The molecule has 98 valence electrons. The summed E-state index contributed by atoms with van der Waals surface area (Å²) in [6.45, 7) is 15.2. The van der Waals surface area contributed by atoms with Crippen LogP contribution in [0, 0.1) is 10.8 Å². The second kappa shape index (κ2) is 5.50. The summed E-state index contributed by atoms with van der Waals surface area (Å²) < 4.78 is 0. The number of aliphatic hydroxyl groups excluding tert-OH is 1. The summed E-state index contributed by atoms with van der Waals surface area (Å²) in [6, 6.07) is 0. The maximum Gasteiger partial charge on any atom is 0.229 e. The molecule has 0 spiro atoms. The van der Waals surface area contributed by atoms with Crippen molar-refractivity contribution >= 4 is 5.91 Å². The van der Waals surface area contributed by atoms with Gasteiger partial charge in [0.1, 0.15) is 0 Å². The molecule has 0 aromatic rings. The smallest absolute Gasteiger partial charge is 0.229 e. The third-order valence-corrected chi connectivity index (χ3v) is 2.81. The summed E-state index contributed by atoms with van der Waals surface area (Å²) >= 11 is 0. The minimum Gasteiger partial charge on any atom is -0.395 e. The van der Waals surface area contributed by atoms with Gasteiger partial charge in [0.05, 0.1) is 6.61 Å². The Morgan fingerprint density at radius 1 is 1.29 bits per heavy atom. The van der Waals surface area contributed by atoms with Gasteiger partial charge in [0, 0.05) is 16.5 Å². The van der Waals surface area contributed by atoms with E-state index in [4.69, 9.17) is 0 Å². The second-order valence-electron chi connectivity index (χ2n) is 6.10. The number of hydrogen-bond acceptors (Lipinski definition) is 2. The molecule has 3 heteroatoms. The van der Waals surface area contributed by atoms with E-state index in [1.165, 1.54) is 0 Å². The van der Waals surface area contributed by atoms with E-state index >= 15 is 0 Å². The lowest BCUT2D eigenvalue weighted by Crippen LogP contribution is -2.33. The fourth-order valence-electron chi connectivity index (χ4n) is 0.951. The molecular weight excluding hydrogens is 214 g/mol. The van der Waals surface area contributed by atoms with E-state index in [9.17, 15) is 9.90 Å². The van der Waals surface area contributed by atoms with Crippen LogP contribution in [0.3, 0.4) is 0 Å². The van der Waals surface area contributed by atoms with Gasteiger partial charge in [0.2, 0.25) is 5.91 Å². The Morgan fingerprint density at radius 3 is 2.12 bits per heavy atom. The lowest BCUT2D eigenvalue weighted by atomic mass is 9.85. The van der Waals surface area contributed by atoms with E-state index in [2.05, 4.69) is 11.9 Å². The fraction of sp³-hybridized carbons (Fsp3) is 0.643. The molecule has 0 aliphatic heterocycles. The minimum atomic E-state index is -0.433. The number of amides is 1. The van der Waals surface area contributed by atoms with Crippen LogP contribution in [-0.2, 0) is 4.79 Å². The first kappa shape index (κ1) is 15.9. The first-order chi connectivity index (χ1) is 7.50. The zero-order valence-corrected chi connectivity index (χ0v) is 11.8. The molecule has 0 bridgehead atoms. The summed E-state index contributed by atoms with van der Waals surface area (Å²) in [5.74, 6) is -0.0617. The van der Waals surface area contributed by atoms with E-state index in [-0.39, 0.29) is 17.9 Å². The van der Waals surface area contributed by atoms with Crippen LogP contribution in [-0.4, -0.2) is 17.6 Å². The van der Waals surface area contributed by atoms with Crippen LogP contribution in [0.5, 0.6) is 0 Å². The van der Waals surface area contributed by atoms with Gasteiger partial charge in [0.15, 0.2) is 0 Å². The zero-order valence-electron chi connectivity index (χ0n) is 11.8. The topological polar surface area (TPSA) is 49.3 Å². The van der Waals surface area contributed by atoms with E-state index in [1.807, 2.05) is 41.5 Å². The average molecular weight is 239 g/mol. The van der Waals surface area contributed by atoms with Crippen molar-refractivity contribution in [3.63, 3.8) is 0 Å². The van der Waals surface area contributed by atoms with Gasteiger partial charge >= 0.3 is 0 Å². The molecule has 0 heterocycles. The van der Waals surface area contributed by atoms with Crippen LogP contribution in [0.2, 0.25) is 0 Å². The quantitative estimate of drug-likeness (QED) is 0.741. The molecule has 0 atom stereocenters. The fourth-order valence-corrected chi connectivity index (χ4v) is 0.951. The van der Waals surface area contributed by atoms with Crippen molar-refractivity contribution in [1.29, 1.82) is 0 Å². The molecule has 0 fully saturated rings. The number of aliphatic hydroxyl groups is 1. The number of carbonyl (C=O) groups excluding carboxylic acids is 1. The molecule has 0 unspecified atom stereocenters. The highest BCUT2D eigenvalue weighted by Gasteiger charge is 2.22. The molecule has 0 aromatic heterocycles. The van der Waals surface area contributed by atoms with Crippen LogP contribution in [0.25, 0.3) is 0 Å². The molecule has 0 aliphatic carbocycles. The Balaban J connectivity index is 4.68. The molecule has 0 rings (SSSR count). The molecule has 1 amide bonds. The van der Waals surface area contributed by atoms with Crippen molar-refractivity contribution in [2.24, 2.45) is 10.8 Å². The van der Waals surface area contributed by atoms with Gasteiger partial charge < -0.3 is 10.4 Å². The lowest BCUT2D eigenvalue weighted by Gasteiger charge is -2.24. The third kappa shape index (κ3) is 5.18. The van der Waals surface area contributed by atoms with Crippen LogP contribution in [0.15, 0.2) is 23.9 Å². The Bertz CT molecular complexity index is 333. The van der Waals surface area contributed by atoms with Gasteiger partial charge in [-0.05, 0) is 13.0 Å². The predicted molar refractivity (Wildman–Crippen MR) is 71.4 cm³/mol. The SMILES string of the molecule is C=C(/C=C(\C)C(C)(C)CO)NC(=O)C(C)(C)C. The Morgan fingerprint density at radius 2 is 1.76 bits per heavy atom. The molecular formula is C14H25NO2. The molecule has 0 aromatic carbocycles. The third-order valence-electron chi connectivity index (χ3n) is 2.81. The summed E-state index contributed by atoms with van der Waals surface area (Å²) in [7, 11) is 0. The first-order valence-corrected chi connectivity index (χ1v) is 5.80. The Labute approximate surface area is 105 Å². The highest BCUT2D eigenvalue weighted by Crippen LogP contribution is 2.25. The van der Waals surface area contributed by atoms with Crippen molar-refractivity contribution in [2.45, 2.75) is 41.5 Å². The van der Waals surface area contributed by atoms with E-state index < -0.39 is 5.41 Å². The number of nitrogens with one attached hydrogen (secondary N) is 1. The van der Waals surface area contributed by atoms with E-state index in [0.29, 0.717) is 5.70 Å². The van der Waals surface area contributed by atoms with Gasteiger partial charge in [-0.25, -0.2) is 0 Å². The molecule has 2 N–H and O–H groups in total. The van der Waals surface area contributed by atoms with Gasteiger partial charge in [-0.15, -0.1) is 0 Å². The molecule has 0 radical (unpaired) electrons. The van der Waals surface area contributed by atoms with Crippen LogP contribution >= 0.6 is 0 Å². The molecule has 0 saturated carbocycles. The highest BCUT2D eigenvalue weighted by atomic mass is 16.3. The van der Waals surface area contributed by atoms with Gasteiger partial charge in [-0.1, -0.05) is 46.8 Å². The summed E-state index contributed by atoms with van der Waals surface area (Å²) in [4.78, 5) is 11.7. The maximum atomic E-state index is 11.7. The number of hydrogen-bond donors (Lipinski definition) is 2. The molecule has 3 nitrogen and oxygen atoms in total. The Kier molecular flexibility index (Phi) is 5.14. The number of carbonyl (C=O) groups is 1. The first-order valence-electron chi connectivity index (χ1n) is 5.80. The van der Waals surface area contributed by atoms with Crippen molar-refractivity contribution in [3.8, 4) is 0 Å². The maximum absolute atomic E-state index is 11.7. The lowest BCUT2D eigenvalue weighted by molar-refractivity contribution is -0.127. The van der Waals surface area contributed by atoms with Gasteiger partial charge in [-0.2, -0.15) is 0 Å². The van der Waals surface area contributed by atoms with Gasteiger partial charge in [0.25, 0.3) is 0 Å². The second-order valence-corrected chi connectivity index (χ2v) is 6.10. The summed E-state index contributed by atoms with van der Waals surface area (Å²) in [5, 5.41) is 12.0. The molecule has 0 saturated heterocycles. The predicted octanol–water partition coefficient (Wildman–Crippen LogP) is 2.63.